The number of rotatable bonds is 8. The van der Waals surface area contributed by atoms with Crippen LogP contribution in [-0.4, -0.2) is 34.2 Å². The van der Waals surface area contributed by atoms with Crippen LogP contribution in [0.2, 0.25) is 5.02 Å². The summed E-state index contributed by atoms with van der Waals surface area (Å²) in [5, 5.41) is 8.67. The number of amides is 1. The van der Waals surface area contributed by atoms with E-state index in [0.29, 0.717) is 11.6 Å². The van der Waals surface area contributed by atoms with Crippen molar-refractivity contribution in [2.75, 3.05) is 18.1 Å². The van der Waals surface area contributed by atoms with E-state index < -0.39 is 0 Å². The Balaban J connectivity index is 1.70. The first-order chi connectivity index (χ1) is 10.1. The second kappa shape index (κ2) is 8.47. The molecule has 112 valence electrons. The fourth-order valence-corrected chi connectivity index (χ4v) is 4.12. The first-order valence-corrected chi connectivity index (χ1v) is 9.06. The number of hydrogen-bond donors (Lipinski definition) is 1. The molecule has 0 unspecified atom stereocenters. The molecular formula is C12H12ClN3O2S3. The van der Waals surface area contributed by atoms with Crippen molar-refractivity contribution in [2.24, 2.45) is 5.73 Å². The van der Waals surface area contributed by atoms with Gasteiger partial charge in [-0.3, -0.25) is 4.79 Å². The molecule has 9 heteroatoms. The fraction of sp³-hybridized carbons (Fsp3) is 0.250. The minimum atomic E-state index is -0.362. The number of nitrogens with two attached hydrogens (primary N) is 1. The lowest BCUT2D eigenvalue weighted by atomic mass is 10.3. The summed E-state index contributed by atoms with van der Waals surface area (Å²) in [6.07, 6.45) is 0. The van der Waals surface area contributed by atoms with Crippen molar-refractivity contribution >= 4 is 52.4 Å². The van der Waals surface area contributed by atoms with Gasteiger partial charge in [0.1, 0.15) is 5.75 Å². The number of hydrogen-bond acceptors (Lipinski definition) is 7. The molecule has 2 aromatic rings. The van der Waals surface area contributed by atoms with Crippen LogP contribution < -0.4 is 10.5 Å². The number of nitrogens with zero attached hydrogens (tertiary/aromatic N) is 2. The normalized spacial score (nSPS) is 10.5. The Kier molecular flexibility index (Phi) is 6.62. The van der Waals surface area contributed by atoms with Gasteiger partial charge in [-0.15, -0.1) is 10.2 Å². The maximum Gasteiger partial charge on any atom is 0.227 e. The SMILES string of the molecule is NC(=O)CSc1nnc(SCCOc2cccc(Cl)c2)s1. The highest BCUT2D eigenvalue weighted by atomic mass is 35.5. The van der Waals surface area contributed by atoms with Crippen molar-refractivity contribution in [1.82, 2.24) is 10.2 Å². The summed E-state index contributed by atoms with van der Waals surface area (Å²) in [5.74, 6) is 1.36. The molecule has 1 aromatic heterocycles. The largest absolute Gasteiger partial charge is 0.493 e. The molecule has 0 bridgehead atoms. The molecular weight excluding hydrogens is 350 g/mol. The molecule has 1 heterocycles. The van der Waals surface area contributed by atoms with Crippen molar-refractivity contribution < 1.29 is 9.53 Å². The highest BCUT2D eigenvalue weighted by Crippen LogP contribution is 2.28. The van der Waals surface area contributed by atoms with Crippen molar-refractivity contribution in [2.45, 2.75) is 8.68 Å². The maximum atomic E-state index is 10.7. The van der Waals surface area contributed by atoms with Crippen molar-refractivity contribution in [3.63, 3.8) is 0 Å². The zero-order valence-electron chi connectivity index (χ0n) is 10.8. The van der Waals surface area contributed by atoms with Crippen LogP contribution >= 0.6 is 46.5 Å². The molecule has 1 aromatic carbocycles. The van der Waals surface area contributed by atoms with Crippen LogP contribution in [0.5, 0.6) is 5.75 Å². The summed E-state index contributed by atoms with van der Waals surface area (Å²) >= 11 is 10.2. The smallest absolute Gasteiger partial charge is 0.227 e. The number of ether oxygens (including phenoxy) is 1. The van der Waals surface area contributed by atoms with E-state index in [4.69, 9.17) is 22.1 Å². The van der Waals surface area contributed by atoms with Gasteiger partial charge in [-0.1, -0.05) is 52.5 Å². The standard InChI is InChI=1S/C12H12ClN3O2S3/c13-8-2-1-3-9(6-8)18-4-5-19-11-15-16-12(21-11)20-7-10(14)17/h1-3,6H,4-5,7H2,(H2,14,17). The summed E-state index contributed by atoms with van der Waals surface area (Å²) in [5.41, 5.74) is 5.08. The summed E-state index contributed by atoms with van der Waals surface area (Å²) in [6, 6.07) is 7.28. The van der Waals surface area contributed by atoms with Crippen LogP contribution in [0.3, 0.4) is 0 Å². The molecule has 0 aliphatic carbocycles. The van der Waals surface area contributed by atoms with E-state index in [1.807, 2.05) is 12.1 Å². The van der Waals surface area contributed by atoms with Crippen LogP contribution in [0.4, 0.5) is 0 Å². The summed E-state index contributed by atoms with van der Waals surface area (Å²) in [7, 11) is 0. The third kappa shape index (κ3) is 6.13. The lowest BCUT2D eigenvalue weighted by Crippen LogP contribution is -2.12. The molecule has 0 saturated carbocycles. The molecule has 2 N–H and O–H groups in total. The second-order valence-electron chi connectivity index (χ2n) is 3.74. The number of aromatic nitrogens is 2. The van der Waals surface area contributed by atoms with E-state index in [0.717, 1.165) is 20.2 Å². The van der Waals surface area contributed by atoms with Gasteiger partial charge >= 0.3 is 0 Å². The predicted molar refractivity (Wildman–Crippen MR) is 87.5 cm³/mol. The minimum absolute atomic E-state index is 0.219. The van der Waals surface area contributed by atoms with E-state index in [-0.39, 0.29) is 11.7 Å². The van der Waals surface area contributed by atoms with Crippen LogP contribution in [0.25, 0.3) is 0 Å². The van der Waals surface area contributed by atoms with Crippen LogP contribution in [-0.2, 0) is 4.79 Å². The second-order valence-corrected chi connectivity index (χ2v) is 7.72. The zero-order valence-corrected chi connectivity index (χ0v) is 14.0. The zero-order chi connectivity index (χ0) is 15.1. The number of primary amides is 1. The summed E-state index contributed by atoms with van der Waals surface area (Å²) in [6.45, 7) is 0.550. The lowest BCUT2D eigenvalue weighted by Gasteiger charge is -2.04. The van der Waals surface area contributed by atoms with E-state index in [1.54, 1.807) is 23.9 Å². The number of benzene rings is 1. The lowest BCUT2D eigenvalue weighted by molar-refractivity contribution is -0.115. The average Bonchev–Trinajstić information content (AvgIpc) is 2.89. The molecule has 2 rings (SSSR count). The molecule has 5 nitrogen and oxygen atoms in total. The van der Waals surface area contributed by atoms with Crippen LogP contribution in [0, 0.1) is 0 Å². The molecule has 0 aliphatic heterocycles. The van der Waals surface area contributed by atoms with Gasteiger partial charge in [-0.05, 0) is 18.2 Å². The summed E-state index contributed by atoms with van der Waals surface area (Å²) < 4.78 is 7.17. The quantitative estimate of drug-likeness (QED) is 0.575. The topological polar surface area (TPSA) is 78.1 Å². The first kappa shape index (κ1) is 16.4. The molecule has 0 fully saturated rings. The Hall–Kier alpha value is -0.960. The van der Waals surface area contributed by atoms with Gasteiger partial charge in [0.2, 0.25) is 5.91 Å². The molecule has 0 spiro atoms. The fourth-order valence-electron chi connectivity index (χ4n) is 1.29. The first-order valence-electron chi connectivity index (χ1n) is 5.89. The van der Waals surface area contributed by atoms with Gasteiger partial charge in [0, 0.05) is 10.8 Å². The molecule has 1 amide bonds. The van der Waals surface area contributed by atoms with Gasteiger partial charge in [-0.25, -0.2) is 0 Å². The Labute approximate surface area is 139 Å². The molecule has 0 saturated heterocycles. The molecule has 0 aliphatic rings. The Morgan fingerprint density at radius 3 is 2.81 bits per heavy atom. The minimum Gasteiger partial charge on any atom is -0.493 e. The van der Waals surface area contributed by atoms with Gasteiger partial charge in [0.25, 0.3) is 0 Å². The molecule has 21 heavy (non-hydrogen) atoms. The van der Waals surface area contributed by atoms with E-state index in [2.05, 4.69) is 10.2 Å². The average molecular weight is 362 g/mol. The highest BCUT2D eigenvalue weighted by molar-refractivity contribution is 8.03. The van der Waals surface area contributed by atoms with Gasteiger partial charge in [-0.2, -0.15) is 0 Å². The maximum absolute atomic E-state index is 10.7. The van der Waals surface area contributed by atoms with Crippen molar-refractivity contribution in [3.8, 4) is 5.75 Å². The number of carbonyl (C=O) groups is 1. The van der Waals surface area contributed by atoms with Crippen LogP contribution in [0.15, 0.2) is 32.9 Å². The van der Waals surface area contributed by atoms with Crippen molar-refractivity contribution in [3.05, 3.63) is 29.3 Å². The highest BCUT2D eigenvalue weighted by Gasteiger charge is 2.07. The van der Waals surface area contributed by atoms with Crippen molar-refractivity contribution in [1.29, 1.82) is 0 Å². The molecule has 0 radical (unpaired) electrons. The van der Waals surface area contributed by atoms with Gasteiger partial charge in [0.05, 0.1) is 12.4 Å². The third-order valence-corrected chi connectivity index (χ3v) is 5.51. The Morgan fingerprint density at radius 2 is 2.10 bits per heavy atom. The van der Waals surface area contributed by atoms with E-state index in [1.165, 1.54) is 23.1 Å². The van der Waals surface area contributed by atoms with Gasteiger partial charge < -0.3 is 10.5 Å². The Morgan fingerprint density at radius 1 is 1.33 bits per heavy atom. The number of thioether (sulfide) groups is 2. The number of carbonyl (C=O) groups excluding carboxylic acids is 1. The predicted octanol–water partition coefficient (Wildman–Crippen LogP) is 2.94. The van der Waals surface area contributed by atoms with Gasteiger partial charge in [0.15, 0.2) is 8.68 Å². The number of halogens is 1. The molecule has 0 atom stereocenters. The van der Waals surface area contributed by atoms with Crippen LogP contribution in [0.1, 0.15) is 0 Å². The third-order valence-electron chi connectivity index (χ3n) is 2.10. The van der Waals surface area contributed by atoms with E-state index in [9.17, 15) is 4.79 Å². The monoisotopic (exact) mass is 361 g/mol. The Bertz CT molecular complexity index is 609. The van der Waals surface area contributed by atoms with E-state index >= 15 is 0 Å². The summed E-state index contributed by atoms with van der Waals surface area (Å²) in [4.78, 5) is 10.7.